The highest BCUT2D eigenvalue weighted by Gasteiger charge is 2.14. The number of hydrogen-bond donors (Lipinski definition) is 1. The van der Waals surface area contributed by atoms with Gasteiger partial charge in [0.2, 0.25) is 0 Å². The van der Waals surface area contributed by atoms with E-state index in [0.717, 1.165) is 27.5 Å². The normalized spacial score (nSPS) is 11.4. The van der Waals surface area contributed by atoms with E-state index in [4.69, 9.17) is 14.6 Å². The predicted octanol–water partition coefficient (Wildman–Crippen LogP) is 3.97. The van der Waals surface area contributed by atoms with Gasteiger partial charge in [-0.1, -0.05) is 30.3 Å². The van der Waals surface area contributed by atoms with Gasteiger partial charge in [0.25, 0.3) is 0 Å². The topological polar surface area (TPSA) is 69.4 Å². The highest BCUT2D eigenvalue weighted by molar-refractivity contribution is 6.02. The number of aryl methyl sites for hydroxylation is 1. The Balaban J connectivity index is 2.08. The van der Waals surface area contributed by atoms with Crippen molar-refractivity contribution < 1.29 is 8.83 Å². The maximum atomic E-state index is 12.0. The minimum absolute atomic E-state index is 0.166. The van der Waals surface area contributed by atoms with Gasteiger partial charge in [0, 0.05) is 28.9 Å². The first-order valence-electron chi connectivity index (χ1n) is 7.42. The quantitative estimate of drug-likeness (QED) is 0.569. The number of hydrogen-bond acceptors (Lipinski definition) is 4. The van der Waals surface area contributed by atoms with Crippen LogP contribution in [0.2, 0.25) is 0 Å². The van der Waals surface area contributed by atoms with Crippen LogP contribution in [0.3, 0.4) is 0 Å². The molecule has 4 rings (SSSR count). The molecule has 2 aromatic carbocycles. The number of furan rings is 1. The zero-order valence-corrected chi connectivity index (χ0v) is 12.6. The molecule has 4 nitrogen and oxygen atoms in total. The van der Waals surface area contributed by atoms with E-state index in [2.05, 4.69) is 0 Å². The fourth-order valence-electron chi connectivity index (χ4n) is 2.99. The van der Waals surface area contributed by atoms with Crippen LogP contribution in [0.25, 0.3) is 33.1 Å². The fraction of sp³-hybridized carbons (Fsp3) is 0.105. The second-order valence-electron chi connectivity index (χ2n) is 5.56. The van der Waals surface area contributed by atoms with E-state index in [9.17, 15) is 4.79 Å². The van der Waals surface area contributed by atoms with Gasteiger partial charge >= 0.3 is 5.63 Å². The second-order valence-corrected chi connectivity index (χ2v) is 5.56. The summed E-state index contributed by atoms with van der Waals surface area (Å²) in [6.07, 6.45) is 1.73. The molecule has 0 radical (unpaired) electrons. The van der Waals surface area contributed by atoms with Gasteiger partial charge in [-0.2, -0.15) is 0 Å². The Morgan fingerprint density at radius 2 is 1.83 bits per heavy atom. The molecule has 4 heteroatoms. The molecule has 0 aliphatic carbocycles. The summed E-state index contributed by atoms with van der Waals surface area (Å²) in [5, 5.41) is 1.87. The summed E-state index contributed by atoms with van der Waals surface area (Å²) in [6, 6.07) is 13.8. The Labute approximate surface area is 132 Å². The molecule has 2 N–H and O–H groups in total. The van der Waals surface area contributed by atoms with Crippen molar-refractivity contribution in [3.63, 3.8) is 0 Å². The summed E-state index contributed by atoms with van der Waals surface area (Å²) in [5.74, 6) is 0. The Kier molecular flexibility index (Phi) is 3.06. The Hall–Kier alpha value is -2.85. The third-order valence-corrected chi connectivity index (χ3v) is 4.27. The molecule has 23 heavy (non-hydrogen) atoms. The fourth-order valence-corrected chi connectivity index (χ4v) is 2.99. The lowest BCUT2D eigenvalue weighted by molar-refractivity contribution is 0.547. The van der Waals surface area contributed by atoms with Crippen molar-refractivity contribution in [3.8, 4) is 11.1 Å². The number of fused-ring (bicyclic) bond motifs is 2. The van der Waals surface area contributed by atoms with Crippen molar-refractivity contribution in [3.05, 3.63) is 70.3 Å². The van der Waals surface area contributed by atoms with E-state index >= 15 is 0 Å². The molecule has 0 bridgehead atoms. The Morgan fingerprint density at radius 1 is 1.04 bits per heavy atom. The molecular formula is C19H15NO3. The van der Waals surface area contributed by atoms with Gasteiger partial charge < -0.3 is 14.6 Å². The summed E-state index contributed by atoms with van der Waals surface area (Å²) >= 11 is 0. The molecule has 0 saturated heterocycles. The molecular weight excluding hydrogens is 290 g/mol. The lowest BCUT2D eigenvalue weighted by atomic mass is 10.0. The monoisotopic (exact) mass is 305 g/mol. The van der Waals surface area contributed by atoms with Crippen LogP contribution in [0.15, 0.2) is 62.4 Å². The number of benzene rings is 2. The minimum Gasteiger partial charge on any atom is -0.464 e. The first kappa shape index (κ1) is 13.8. The second kappa shape index (κ2) is 5.11. The van der Waals surface area contributed by atoms with Gasteiger partial charge in [-0.05, 0) is 24.1 Å². The van der Waals surface area contributed by atoms with E-state index in [-0.39, 0.29) is 12.2 Å². The van der Waals surface area contributed by atoms with Crippen molar-refractivity contribution >= 4 is 21.9 Å². The number of rotatable bonds is 2. The first-order valence-corrected chi connectivity index (χ1v) is 7.42. The lowest BCUT2D eigenvalue weighted by Crippen LogP contribution is -2.14. The molecule has 0 amide bonds. The Morgan fingerprint density at radius 3 is 2.57 bits per heavy atom. The van der Waals surface area contributed by atoms with E-state index in [1.54, 1.807) is 12.3 Å². The summed E-state index contributed by atoms with van der Waals surface area (Å²) in [6.45, 7) is 2.06. The molecule has 114 valence electrons. The van der Waals surface area contributed by atoms with Crippen molar-refractivity contribution in [2.24, 2.45) is 5.73 Å². The van der Waals surface area contributed by atoms with Crippen LogP contribution in [-0.4, -0.2) is 0 Å². The standard InChI is InChI=1S/C19H15NO3/c1-11-13-7-14-16(12-5-3-2-4-6-12)10-22-17(14)8-18(13)23-19(21)15(11)9-20/h2-8,10H,9,20H2,1H3. The molecule has 0 fully saturated rings. The third-order valence-electron chi connectivity index (χ3n) is 4.27. The molecule has 4 aromatic rings. The van der Waals surface area contributed by atoms with Crippen molar-refractivity contribution in [2.75, 3.05) is 0 Å². The van der Waals surface area contributed by atoms with Crippen molar-refractivity contribution in [2.45, 2.75) is 13.5 Å². The van der Waals surface area contributed by atoms with E-state index in [0.29, 0.717) is 16.7 Å². The van der Waals surface area contributed by atoms with Crippen LogP contribution in [0.5, 0.6) is 0 Å². The van der Waals surface area contributed by atoms with Crippen LogP contribution < -0.4 is 11.4 Å². The van der Waals surface area contributed by atoms with Gasteiger partial charge in [-0.25, -0.2) is 4.79 Å². The molecule has 0 aliphatic heterocycles. The van der Waals surface area contributed by atoms with E-state index in [1.165, 1.54) is 0 Å². The Bertz CT molecular complexity index is 1070. The van der Waals surface area contributed by atoms with Crippen LogP contribution in [0.1, 0.15) is 11.1 Å². The lowest BCUT2D eigenvalue weighted by Gasteiger charge is -2.06. The molecule has 0 spiro atoms. The van der Waals surface area contributed by atoms with Gasteiger partial charge in [-0.3, -0.25) is 0 Å². The maximum absolute atomic E-state index is 12.0. The molecule has 2 aromatic heterocycles. The van der Waals surface area contributed by atoms with Crippen LogP contribution in [0.4, 0.5) is 0 Å². The molecule has 0 atom stereocenters. The molecule has 0 aliphatic rings. The van der Waals surface area contributed by atoms with E-state index < -0.39 is 0 Å². The zero-order valence-electron chi connectivity index (χ0n) is 12.6. The maximum Gasteiger partial charge on any atom is 0.341 e. The van der Waals surface area contributed by atoms with Gasteiger partial charge in [0.05, 0.1) is 11.8 Å². The molecule has 0 unspecified atom stereocenters. The van der Waals surface area contributed by atoms with Crippen LogP contribution in [-0.2, 0) is 6.54 Å². The van der Waals surface area contributed by atoms with Gasteiger partial charge in [-0.15, -0.1) is 0 Å². The average molecular weight is 305 g/mol. The smallest absolute Gasteiger partial charge is 0.341 e. The highest BCUT2D eigenvalue weighted by Crippen LogP contribution is 2.34. The highest BCUT2D eigenvalue weighted by atomic mass is 16.4. The summed E-state index contributed by atoms with van der Waals surface area (Å²) in [7, 11) is 0. The predicted molar refractivity (Wildman–Crippen MR) is 90.3 cm³/mol. The summed E-state index contributed by atoms with van der Waals surface area (Å²) in [4.78, 5) is 12.0. The molecule has 2 heterocycles. The van der Waals surface area contributed by atoms with Crippen LogP contribution in [0, 0.1) is 6.92 Å². The SMILES string of the molecule is Cc1c(CN)c(=O)oc2cc3occ(-c4ccccc4)c3cc12. The van der Waals surface area contributed by atoms with Crippen molar-refractivity contribution in [1.82, 2.24) is 0 Å². The first-order chi connectivity index (χ1) is 11.2. The zero-order chi connectivity index (χ0) is 16.0. The van der Waals surface area contributed by atoms with Gasteiger partial charge in [0.1, 0.15) is 11.2 Å². The largest absolute Gasteiger partial charge is 0.464 e. The van der Waals surface area contributed by atoms with Crippen molar-refractivity contribution in [1.29, 1.82) is 0 Å². The van der Waals surface area contributed by atoms with Gasteiger partial charge in [0.15, 0.2) is 0 Å². The molecule has 0 saturated carbocycles. The third kappa shape index (κ3) is 2.07. The summed E-state index contributed by atoms with van der Waals surface area (Å²) < 4.78 is 11.1. The summed E-state index contributed by atoms with van der Waals surface area (Å²) in [5.41, 5.74) is 9.98. The van der Waals surface area contributed by atoms with Crippen LogP contribution >= 0.6 is 0 Å². The minimum atomic E-state index is -0.383. The van der Waals surface area contributed by atoms with E-state index in [1.807, 2.05) is 43.3 Å². The number of nitrogens with two attached hydrogens (primary N) is 1. The average Bonchev–Trinajstić information content (AvgIpc) is 2.97.